The molecule has 1 aliphatic heterocycles. The van der Waals surface area contributed by atoms with E-state index in [1.54, 1.807) is 0 Å². The van der Waals surface area contributed by atoms with Crippen molar-refractivity contribution in [3.63, 3.8) is 0 Å². The summed E-state index contributed by atoms with van der Waals surface area (Å²) in [5.41, 5.74) is 0. The lowest BCUT2D eigenvalue weighted by Gasteiger charge is -2.41. The van der Waals surface area contributed by atoms with E-state index in [1.165, 1.54) is 0 Å². The number of hydrogen-bond acceptors (Lipinski definition) is 5. The van der Waals surface area contributed by atoms with E-state index >= 15 is 0 Å². The first-order chi connectivity index (χ1) is 10.9. The molecule has 130 valence electrons. The van der Waals surface area contributed by atoms with Gasteiger partial charge in [0.1, 0.15) is 0 Å². The van der Waals surface area contributed by atoms with Gasteiger partial charge in [-0.15, -0.1) is 10.2 Å². The van der Waals surface area contributed by atoms with Gasteiger partial charge in [0.25, 0.3) is 5.89 Å². The van der Waals surface area contributed by atoms with Crippen molar-refractivity contribution >= 4 is 5.91 Å². The van der Waals surface area contributed by atoms with Gasteiger partial charge in [0.15, 0.2) is 0 Å². The Hall–Kier alpha value is -1.57. The Balaban J connectivity index is 1.92. The Kier molecular flexibility index (Phi) is 6.04. The van der Waals surface area contributed by atoms with Crippen molar-refractivity contribution in [2.75, 3.05) is 26.7 Å². The maximum Gasteiger partial charge on any atom is 0.314 e. The normalized spacial score (nSPS) is 19.8. The number of piperazine rings is 1. The van der Waals surface area contributed by atoms with Crippen LogP contribution in [0.3, 0.4) is 0 Å². The molecular weight excluding hydrogens is 306 g/mol. The van der Waals surface area contributed by atoms with Crippen LogP contribution >= 0.6 is 0 Å². The molecule has 2 heterocycles. The van der Waals surface area contributed by atoms with Crippen LogP contribution in [0.2, 0.25) is 0 Å². The molecule has 1 unspecified atom stereocenters. The summed E-state index contributed by atoms with van der Waals surface area (Å²) in [6.07, 6.45) is -1.44. The van der Waals surface area contributed by atoms with Crippen molar-refractivity contribution < 1.29 is 18.0 Å². The van der Waals surface area contributed by atoms with Crippen LogP contribution in [0, 0.1) is 5.92 Å². The Labute approximate surface area is 134 Å². The van der Waals surface area contributed by atoms with Crippen LogP contribution in [0.25, 0.3) is 0 Å². The van der Waals surface area contributed by atoms with Gasteiger partial charge < -0.3 is 14.2 Å². The number of aryl methyl sites for hydroxylation is 1. The minimum atomic E-state index is -2.78. The van der Waals surface area contributed by atoms with Gasteiger partial charge in [-0.25, -0.2) is 0 Å². The molecule has 1 atom stereocenters. The van der Waals surface area contributed by atoms with Crippen LogP contribution in [-0.2, 0) is 11.2 Å². The van der Waals surface area contributed by atoms with Crippen LogP contribution in [-0.4, -0.2) is 58.6 Å². The third-order valence-corrected chi connectivity index (χ3v) is 3.97. The van der Waals surface area contributed by atoms with Crippen molar-refractivity contribution in [2.24, 2.45) is 5.92 Å². The Morgan fingerprint density at radius 2 is 2.09 bits per heavy atom. The summed E-state index contributed by atoms with van der Waals surface area (Å²) < 4.78 is 29.6. The van der Waals surface area contributed by atoms with E-state index in [0.717, 1.165) is 19.5 Å². The van der Waals surface area contributed by atoms with Gasteiger partial charge in [-0.1, -0.05) is 13.8 Å². The monoisotopic (exact) mass is 330 g/mol. The standard InChI is InChI=1S/C15H24F2N4O2/c1-10(2)8-11-9-20(3)6-7-21(11)13(22)5-4-12-18-19-15(23-12)14(16)17/h10-11,14H,4-9H2,1-3H3. The predicted octanol–water partition coefficient (Wildman–Crippen LogP) is 2.13. The highest BCUT2D eigenvalue weighted by atomic mass is 19.3. The molecule has 0 spiro atoms. The zero-order valence-corrected chi connectivity index (χ0v) is 13.8. The third kappa shape index (κ3) is 4.95. The molecule has 0 saturated carbocycles. The molecule has 1 aliphatic rings. The van der Waals surface area contributed by atoms with Crippen molar-refractivity contribution in [1.82, 2.24) is 20.0 Å². The number of amides is 1. The molecule has 0 radical (unpaired) electrons. The highest BCUT2D eigenvalue weighted by molar-refractivity contribution is 5.76. The average molecular weight is 330 g/mol. The topological polar surface area (TPSA) is 62.5 Å². The average Bonchev–Trinajstić information content (AvgIpc) is 2.93. The first-order valence-electron chi connectivity index (χ1n) is 7.95. The SMILES string of the molecule is CC(C)CC1CN(C)CCN1C(=O)CCc1nnc(C(F)F)o1. The lowest BCUT2D eigenvalue weighted by Crippen LogP contribution is -2.54. The first kappa shape index (κ1) is 17.8. The summed E-state index contributed by atoms with van der Waals surface area (Å²) in [5, 5.41) is 6.83. The zero-order chi connectivity index (χ0) is 17.0. The Morgan fingerprint density at radius 1 is 1.35 bits per heavy atom. The quantitative estimate of drug-likeness (QED) is 0.799. The molecule has 1 aromatic heterocycles. The van der Waals surface area contributed by atoms with Gasteiger partial charge in [0.05, 0.1) is 0 Å². The van der Waals surface area contributed by atoms with Crippen LogP contribution in [0.4, 0.5) is 8.78 Å². The zero-order valence-electron chi connectivity index (χ0n) is 13.8. The fourth-order valence-electron chi connectivity index (χ4n) is 2.90. The van der Waals surface area contributed by atoms with Gasteiger partial charge >= 0.3 is 6.43 Å². The Bertz CT molecular complexity index is 519. The van der Waals surface area contributed by atoms with Gasteiger partial charge in [-0.2, -0.15) is 8.78 Å². The molecule has 23 heavy (non-hydrogen) atoms. The van der Waals surface area contributed by atoms with Crippen molar-refractivity contribution in [3.8, 4) is 0 Å². The number of carbonyl (C=O) groups excluding carboxylic acids is 1. The smallest absolute Gasteiger partial charge is 0.314 e. The van der Waals surface area contributed by atoms with Crippen LogP contribution in [0.15, 0.2) is 4.42 Å². The largest absolute Gasteiger partial charge is 0.420 e. The number of alkyl halides is 2. The maximum atomic E-state index is 12.5. The molecule has 2 rings (SSSR count). The Morgan fingerprint density at radius 3 is 2.70 bits per heavy atom. The van der Waals surface area contributed by atoms with Crippen LogP contribution in [0.5, 0.6) is 0 Å². The number of halogens is 2. The van der Waals surface area contributed by atoms with Gasteiger partial charge in [0, 0.05) is 38.5 Å². The minimum Gasteiger partial charge on any atom is -0.420 e. The van der Waals surface area contributed by atoms with Crippen LogP contribution in [0.1, 0.15) is 44.9 Å². The molecule has 8 heteroatoms. The number of likely N-dealkylation sites (N-methyl/N-ethyl adjacent to an activating group) is 1. The molecule has 1 saturated heterocycles. The summed E-state index contributed by atoms with van der Waals surface area (Å²) in [6.45, 7) is 6.68. The molecule has 1 amide bonds. The highest BCUT2D eigenvalue weighted by Crippen LogP contribution is 2.19. The van der Waals surface area contributed by atoms with E-state index < -0.39 is 12.3 Å². The van der Waals surface area contributed by atoms with E-state index in [2.05, 4.69) is 36.0 Å². The molecule has 6 nitrogen and oxygen atoms in total. The number of nitrogens with zero attached hydrogens (tertiary/aromatic N) is 4. The fraction of sp³-hybridized carbons (Fsp3) is 0.800. The van der Waals surface area contributed by atoms with E-state index in [1.807, 2.05) is 4.90 Å². The number of aromatic nitrogens is 2. The van der Waals surface area contributed by atoms with E-state index in [-0.39, 0.29) is 30.7 Å². The van der Waals surface area contributed by atoms with E-state index in [4.69, 9.17) is 4.42 Å². The second-order valence-electron chi connectivity index (χ2n) is 6.47. The second-order valence-corrected chi connectivity index (χ2v) is 6.47. The molecule has 0 N–H and O–H groups in total. The maximum absolute atomic E-state index is 12.5. The fourth-order valence-corrected chi connectivity index (χ4v) is 2.90. The molecule has 0 bridgehead atoms. The molecule has 0 aromatic carbocycles. The second kappa shape index (κ2) is 7.81. The lowest BCUT2D eigenvalue weighted by molar-refractivity contribution is -0.136. The first-order valence-corrected chi connectivity index (χ1v) is 7.95. The van der Waals surface area contributed by atoms with Gasteiger partial charge in [-0.3, -0.25) is 4.79 Å². The van der Waals surface area contributed by atoms with Crippen molar-refractivity contribution in [2.45, 2.75) is 45.6 Å². The lowest BCUT2D eigenvalue weighted by atomic mass is 9.99. The number of carbonyl (C=O) groups is 1. The summed E-state index contributed by atoms with van der Waals surface area (Å²) in [7, 11) is 2.06. The summed E-state index contributed by atoms with van der Waals surface area (Å²) in [4.78, 5) is 16.6. The summed E-state index contributed by atoms with van der Waals surface area (Å²) in [6, 6.07) is 0.195. The molecular formula is C15H24F2N4O2. The molecule has 0 aliphatic carbocycles. The van der Waals surface area contributed by atoms with Crippen LogP contribution < -0.4 is 0 Å². The third-order valence-electron chi connectivity index (χ3n) is 3.97. The van der Waals surface area contributed by atoms with E-state index in [0.29, 0.717) is 12.5 Å². The van der Waals surface area contributed by atoms with Gasteiger partial charge in [0.2, 0.25) is 11.8 Å². The summed E-state index contributed by atoms with van der Waals surface area (Å²) >= 11 is 0. The highest BCUT2D eigenvalue weighted by Gasteiger charge is 2.29. The van der Waals surface area contributed by atoms with Gasteiger partial charge in [-0.05, 0) is 19.4 Å². The van der Waals surface area contributed by atoms with Crippen molar-refractivity contribution in [1.29, 1.82) is 0 Å². The molecule has 1 aromatic rings. The van der Waals surface area contributed by atoms with Crippen molar-refractivity contribution in [3.05, 3.63) is 11.8 Å². The predicted molar refractivity (Wildman–Crippen MR) is 80.0 cm³/mol. The number of rotatable bonds is 6. The summed E-state index contributed by atoms with van der Waals surface area (Å²) in [5.74, 6) is -0.0835. The molecule has 1 fully saturated rings. The number of hydrogen-bond donors (Lipinski definition) is 0. The van der Waals surface area contributed by atoms with E-state index in [9.17, 15) is 13.6 Å². The minimum absolute atomic E-state index is 0.0144.